The maximum Gasteiger partial charge on any atom is 0.307 e. The number of nitrogens with one attached hydrogen (secondary N) is 2. The van der Waals surface area contributed by atoms with E-state index < -0.39 is 23.7 Å². The Kier molecular flexibility index (Phi) is 4.80. The fourth-order valence-electron chi connectivity index (χ4n) is 4.83. The Morgan fingerprint density at radius 1 is 1.07 bits per heavy atom. The highest BCUT2D eigenvalue weighted by molar-refractivity contribution is 7.10. The van der Waals surface area contributed by atoms with E-state index in [4.69, 9.17) is 0 Å². The maximum absolute atomic E-state index is 12.7. The van der Waals surface area contributed by atoms with E-state index in [0.717, 1.165) is 37.7 Å². The number of carbonyl (C=O) groups excluding carboxylic acids is 2. The summed E-state index contributed by atoms with van der Waals surface area (Å²) in [5.41, 5.74) is 6.73. The van der Waals surface area contributed by atoms with Gasteiger partial charge in [-0.2, -0.15) is 0 Å². The molecule has 2 bridgehead atoms. The molecule has 0 spiro atoms. The van der Waals surface area contributed by atoms with Gasteiger partial charge in [0.05, 0.1) is 17.4 Å². The van der Waals surface area contributed by atoms with E-state index in [1.807, 2.05) is 17.5 Å². The van der Waals surface area contributed by atoms with Gasteiger partial charge in [-0.1, -0.05) is 19.1 Å². The monoisotopic (exact) mass is 388 g/mol. The summed E-state index contributed by atoms with van der Waals surface area (Å²) < 4.78 is 0. The van der Waals surface area contributed by atoms with Gasteiger partial charge < -0.3 is 5.11 Å². The van der Waals surface area contributed by atoms with Crippen molar-refractivity contribution in [2.45, 2.75) is 39.0 Å². The van der Waals surface area contributed by atoms with Crippen molar-refractivity contribution in [3.8, 4) is 0 Å². The van der Waals surface area contributed by atoms with E-state index in [-0.39, 0.29) is 17.7 Å². The van der Waals surface area contributed by atoms with Gasteiger partial charge in [-0.05, 0) is 55.4 Å². The first-order valence-corrected chi connectivity index (χ1v) is 10.4. The second-order valence-corrected chi connectivity index (χ2v) is 8.99. The van der Waals surface area contributed by atoms with Crippen LogP contribution in [0.4, 0.5) is 0 Å². The van der Waals surface area contributed by atoms with Gasteiger partial charge in [-0.15, -0.1) is 11.3 Å². The van der Waals surface area contributed by atoms with Gasteiger partial charge in [-0.25, -0.2) is 0 Å². The predicted octanol–water partition coefficient (Wildman–Crippen LogP) is 2.55. The lowest BCUT2D eigenvalue weighted by Gasteiger charge is -2.41. The molecule has 5 atom stereocenters. The summed E-state index contributed by atoms with van der Waals surface area (Å²) in [6.07, 6.45) is 8.44. The molecule has 4 aliphatic rings. The third-order valence-corrected chi connectivity index (χ3v) is 7.33. The van der Waals surface area contributed by atoms with Gasteiger partial charge in [0.25, 0.3) is 5.91 Å². The molecule has 3 N–H and O–H groups in total. The number of rotatable bonds is 3. The number of hydrazine groups is 1. The van der Waals surface area contributed by atoms with Crippen LogP contribution in [0, 0.1) is 29.6 Å². The van der Waals surface area contributed by atoms with E-state index in [0.29, 0.717) is 11.5 Å². The van der Waals surface area contributed by atoms with Crippen molar-refractivity contribution in [3.05, 3.63) is 33.5 Å². The van der Waals surface area contributed by atoms with Gasteiger partial charge in [-0.3, -0.25) is 25.2 Å². The largest absolute Gasteiger partial charge is 0.481 e. The SMILES string of the molecule is C[C@@H]1CCc2c(C(=O)NNC(=O)[C@@H]3[C@@H](C(=O)O)[C@H]4C=C[C@@H]3CC4)csc2C1. The average molecular weight is 388 g/mol. The molecule has 0 saturated heterocycles. The van der Waals surface area contributed by atoms with E-state index in [1.165, 1.54) is 4.88 Å². The number of carboxylic acid groups (broad SMARTS) is 1. The zero-order chi connectivity index (χ0) is 19.1. The van der Waals surface area contributed by atoms with E-state index in [1.54, 1.807) is 11.3 Å². The number of amides is 2. The Bertz CT molecular complexity index is 815. The van der Waals surface area contributed by atoms with Gasteiger partial charge in [0.15, 0.2) is 0 Å². The number of allylic oxidation sites excluding steroid dienone is 2. The fourth-order valence-corrected chi connectivity index (χ4v) is 6.07. The van der Waals surface area contributed by atoms with Crippen LogP contribution in [0.3, 0.4) is 0 Å². The number of carboxylic acids is 1. The smallest absolute Gasteiger partial charge is 0.307 e. The second-order valence-electron chi connectivity index (χ2n) is 8.02. The van der Waals surface area contributed by atoms with Crippen LogP contribution in [-0.4, -0.2) is 22.9 Å². The number of hydrogen-bond donors (Lipinski definition) is 3. The van der Waals surface area contributed by atoms with Crippen LogP contribution in [0.25, 0.3) is 0 Å². The highest BCUT2D eigenvalue weighted by atomic mass is 32.1. The molecule has 1 saturated carbocycles. The maximum atomic E-state index is 12.7. The minimum atomic E-state index is -0.943. The molecule has 1 heterocycles. The number of hydrogen-bond acceptors (Lipinski definition) is 4. The highest BCUT2D eigenvalue weighted by Crippen LogP contribution is 2.45. The normalized spacial score (nSPS) is 31.2. The van der Waals surface area contributed by atoms with Crippen molar-refractivity contribution in [2.24, 2.45) is 29.6 Å². The molecule has 1 aromatic heterocycles. The van der Waals surface area contributed by atoms with Crippen molar-refractivity contribution in [1.82, 2.24) is 10.9 Å². The minimum Gasteiger partial charge on any atom is -0.481 e. The van der Waals surface area contributed by atoms with E-state index in [2.05, 4.69) is 17.8 Å². The summed E-state index contributed by atoms with van der Waals surface area (Å²) in [7, 11) is 0. The van der Waals surface area contributed by atoms with Crippen molar-refractivity contribution >= 4 is 29.1 Å². The van der Waals surface area contributed by atoms with Crippen LogP contribution in [0.1, 0.15) is 47.0 Å². The first kappa shape index (κ1) is 18.2. The molecule has 2 amide bonds. The Balaban J connectivity index is 1.43. The third-order valence-electron chi connectivity index (χ3n) is 6.28. The summed E-state index contributed by atoms with van der Waals surface area (Å²) in [4.78, 5) is 38.2. The van der Waals surface area contributed by atoms with Gasteiger partial charge in [0.1, 0.15) is 0 Å². The Morgan fingerprint density at radius 3 is 2.44 bits per heavy atom. The number of thiophene rings is 1. The molecule has 5 rings (SSSR count). The van der Waals surface area contributed by atoms with E-state index >= 15 is 0 Å². The summed E-state index contributed by atoms with van der Waals surface area (Å²) in [5.74, 6) is -2.58. The van der Waals surface area contributed by atoms with Crippen LogP contribution < -0.4 is 10.9 Å². The average Bonchev–Trinajstić information content (AvgIpc) is 3.08. The Hall–Kier alpha value is -2.15. The van der Waals surface area contributed by atoms with Crippen LogP contribution in [-0.2, 0) is 22.4 Å². The number of carbonyl (C=O) groups is 3. The van der Waals surface area contributed by atoms with Crippen molar-refractivity contribution < 1.29 is 19.5 Å². The number of aliphatic carboxylic acids is 1. The van der Waals surface area contributed by atoms with Crippen molar-refractivity contribution in [3.63, 3.8) is 0 Å². The molecule has 144 valence electrons. The van der Waals surface area contributed by atoms with Crippen molar-refractivity contribution in [2.75, 3.05) is 0 Å². The van der Waals surface area contributed by atoms with Gasteiger partial charge in [0, 0.05) is 10.3 Å². The molecule has 0 aromatic carbocycles. The lowest BCUT2D eigenvalue weighted by atomic mass is 9.62. The third kappa shape index (κ3) is 3.29. The molecule has 7 heteroatoms. The quantitative estimate of drug-likeness (QED) is 0.548. The van der Waals surface area contributed by atoms with Crippen LogP contribution >= 0.6 is 11.3 Å². The lowest BCUT2D eigenvalue weighted by Crippen LogP contribution is -2.53. The number of fused-ring (bicyclic) bond motifs is 3. The van der Waals surface area contributed by atoms with Crippen LogP contribution in [0.2, 0.25) is 0 Å². The zero-order valence-corrected chi connectivity index (χ0v) is 16.1. The standard InChI is InChI=1S/C20H24N2O4S/c1-10-2-7-13-14(9-27-15(13)8-10)18(23)21-22-19(24)16-11-3-5-12(6-4-11)17(16)20(25)26/h3,5,9-12,16-17H,2,4,6-8H2,1H3,(H,21,23)(H,22,24)(H,25,26)/t10-,11-,12+,16+,17+/m1/s1. The fraction of sp³-hybridized carbons (Fsp3) is 0.550. The zero-order valence-electron chi connectivity index (χ0n) is 15.2. The Labute approximate surface area is 162 Å². The molecule has 0 radical (unpaired) electrons. The van der Waals surface area contributed by atoms with Crippen LogP contribution in [0.5, 0.6) is 0 Å². The lowest BCUT2D eigenvalue weighted by molar-refractivity contribution is -0.153. The first-order valence-electron chi connectivity index (χ1n) is 9.56. The summed E-state index contributed by atoms with van der Waals surface area (Å²) in [5, 5.41) is 11.4. The molecule has 1 aromatic rings. The summed E-state index contributed by atoms with van der Waals surface area (Å²) in [6, 6.07) is 0. The summed E-state index contributed by atoms with van der Waals surface area (Å²) in [6.45, 7) is 2.22. The first-order chi connectivity index (χ1) is 13.0. The van der Waals surface area contributed by atoms with Gasteiger partial charge >= 0.3 is 5.97 Å². The van der Waals surface area contributed by atoms with E-state index in [9.17, 15) is 19.5 Å². The second kappa shape index (κ2) is 7.11. The highest BCUT2D eigenvalue weighted by Gasteiger charge is 2.48. The predicted molar refractivity (Wildman–Crippen MR) is 101 cm³/mol. The van der Waals surface area contributed by atoms with Crippen molar-refractivity contribution in [1.29, 1.82) is 0 Å². The molecule has 0 aliphatic heterocycles. The molecular formula is C20H24N2O4S. The molecule has 1 fully saturated rings. The molecule has 27 heavy (non-hydrogen) atoms. The van der Waals surface area contributed by atoms with Gasteiger partial charge in [0.2, 0.25) is 5.91 Å². The van der Waals surface area contributed by atoms with Crippen LogP contribution in [0.15, 0.2) is 17.5 Å². The topological polar surface area (TPSA) is 95.5 Å². The molecular weight excluding hydrogens is 364 g/mol. The minimum absolute atomic E-state index is 0.0802. The Morgan fingerprint density at radius 2 is 1.78 bits per heavy atom. The molecule has 4 aliphatic carbocycles. The molecule has 0 unspecified atom stereocenters. The summed E-state index contributed by atoms with van der Waals surface area (Å²) >= 11 is 1.60. The molecule has 6 nitrogen and oxygen atoms in total.